The highest BCUT2D eigenvalue weighted by molar-refractivity contribution is 5.15. The average molecular weight is 225 g/mol. The van der Waals surface area contributed by atoms with E-state index in [-0.39, 0.29) is 13.2 Å². The van der Waals surface area contributed by atoms with Crippen molar-refractivity contribution in [1.82, 2.24) is 0 Å². The number of benzene rings is 1. The molecule has 0 bridgehead atoms. The van der Waals surface area contributed by atoms with Crippen molar-refractivity contribution in [2.75, 3.05) is 13.2 Å². The fraction of sp³-hybridized carbons (Fsp3) is 0.538. The molecule has 0 spiro atoms. The highest BCUT2D eigenvalue weighted by Gasteiger charge is 2.22. The Morgan fingerprint density at radius 1 is 1.06 bits per heavy atom. The molecule has 4 N–H and O–H groups in total. The van der Waals surface area contributed by atoms with Crippen molar-refractivity contribution in [2.45, 2.75) is 32.2 Å². The molecule has 0 aliphatic carbocycles. The van der Waals surface area contributed by atoms with Crippen LogP contribution in [0.25, 0.3) is 0 Å². The molecule has 1 aromatic carbocycles. The Morgan fingerprint density at radius 2 is 1.56 bits per heavy atom. The van der Waals surface area contributed by atoms with E-state index in [9.17, 15) is 0 Å². The van der Waals surface area contributed by atoms with Gasteiger partial charge in [0.2, 0.25) is 0 Å². The maximum atomic E-state index is 8.98. The molecule has 0 amide bonds. The topological polar surface area (TPSA) is 66.5 Å². The highest BCUT2D eigenvalue weighted by atomic mass is 16.3. The standard InChI is InChI=1S/C11H17NO2.C2H6/c12-11(8-13,9-14)7-6-10-4-2-1-3-5-10;1-2/h1-5,13-14H,6-9,12H2;1-2H3. The lowest BCUT2D eigenvalue weighted by Crippen LogP contribution is -2.47. The van der Waals surface area contributed by atoms with Gasteiger partial charge in [0.25, 0.3) is 0 Å². The smallest absolute Gasteiger partial charge is 0.0633 e. The van der Waals surface area contributed by atoms with Gasteiger partial charge in [-0.25, -0.2) is 0 Å². The van der Waals surface area contributed by atoms with Crippen molar-refractivity contribution in [3.05, 3.63) is 35.9 Å². The predicted molar refractivity (Wildman–Crippen MR) is 67.2 cm³/mol. The van der Waals surface area contributed by atoms with E-state index in [0.29, 0.717) is 6.42 Å². The van der Waals surface area contributed by atoms with Gasteiger partial charge in [-0.2, -0.15) is 0 Å². The second-order valence-corrected chi connectivity index (χ2v) is 3.66. The SMILES string of the molecule is CC.NC(CO)(CO)CCc1ccccc1. The number of nitrogens with two attached hydrogens (primary N) is 1. The molecule has 0 fully saturated rings. The molecule has 0 unspecified atom stereocenters. The van der Waals surface area contributed by atoms with E-state index < -0.39 is 5.54 Å². The zero-order valence-corrected chi connectivity index (χ0v) is 10.2. The molecule has 0 aliphatic heterocycles. The van der Waals surface area contributed by atoms with Crippen LogP contribution in [0.15, 0.2) is 30.3 Å². The Hall–Kier alpha value is -0.900. The monoisotopic (exact) mass is 225 g/mol. The van der Waals surface area contributed by atoms with Crippen LogP contribution >= 0.6 is 0 Å². The molecule has 16 heavy (non-hydrogen) atoms. The summed E-state index contributed by atoms with van der Waals surface area (Å²) in [5.41, 5.74) is 6.06. The van der Waals surface area contributed by atoms with Crippen LogP contribution in [0.2, 0.25) is 0 Å². The van der Waals surface area contributed by atoms with Crippen LogP contribution in [-0.4, -0.2) is 29.0 Å². The zero-order valence-electron chi connectivity index (χ0n) is 10.2. The summed E-state index contributed by atoms with van der Waals surface area (Å²) < 4.78 is 0. The first-order chi connectivity index (χ1) is 7.70. The van der Waals surface area contributed by atoms with E-state index in [4.69, 9.17) is 15.9 Å². The van der Waals surface area contributed by atoms with E-state index in [2.05, 4.69) is 0 Å². The van der Waals surface area contributed by atoms with Gasteiger partial charge in [-0.05, 0) is 18.4 Å². The molecule has 3 heteroatoms. The molecule has 0 atom stereocenters. The Morgan fingerprint density at radius 3 is 2.00 bits per heavy atom. The Labute approximate surface area is 97.9 Å². The lowest BCUT2D eigenvalue weighted by atomic mass is 9.94. The van der Waals surface area contributed by atoms with Crippen LogP contribution in [0.4, 0.5) is 0 Å². The van der Waals surface area contributed by atoms with Crippen molar-refractivity contribution >= 4 is 0 Å². The van der Waals surface area contributed by atoms with Crippen LogP contribution in [-0.2, 0) is 6.42 Å². The van der Waals surface area contributed by atoms with Crippen molar-refractivity contribution in [3.8, 4) is 0 Å². The van der Waals surface area contributed by atoms with Gasteiger partial charge in [0, 0.05) is 0 Å². The highest BCUT2D eigenvalue weighted by Crippen LogP contribution is 2.10. The van der Waals surface area contributed by atoms with E-state index >= 15 is 0 Å². The Kier molecular flexibility index (Phi) is 7.81. The van der Waals surface area contributed by atoms with Crippen LogP contribution in [0, 0.1) is 0 Å². The molecule has 0 heterocycles. The van der Waals surface area contributed by atoms with E-state index in [1.54, 1.807) is 0 Å². The van der Waals surface area contributed by atoms with Crippen molar-refractivity contribution in [1.29, 1.82) is 0 Å². The maximum Gasteiger partial charge on any atom is 0.0633 e. The minimum absolute atomic E-state index is 0.184. The number of hydrogen-bond acceptors (Lipinski definition) is 3. The van der Waals surface area contributed by atoms with Gasteiger partial charge >= 0.3 is 0 Å². The van der Waals surface area contributed by atoms with Gasteiger partial charge < -0.3 is 15.9 Å². The minimum Gasteiger partial charge on any atom is -0.394 e. The summed E-state index contributed by atoms with van der Waals surface area (Å²) in [4.78, 5) is 0. The van der Waals surface area contributed by atoms with Crippen LogP contribution in [0.1, 0.15) is 25.8 Å². The second kappa shape index (κ2) is 8.28. The molecule has 0 saturated heterocycles. The quantitative estimate of drug-likeness (QED) is 0.708. The first-order valence-electron chi connectivity index (χ1n) is 5.75. The molecular formula is C13H23NO2. The first kappa shape index (κ1) is 15.1. The fourth-order valence-corrected chi connectivity index (χ4v) is 1.25. The molecule has 1 rings (SSSR count). The second-order valence-electron chi connectivity index (χ2n) is 3.66. The summed E-state index contributed by atoms with van der Waals surface area (Å²) in [5.74, 6) is 0. The largest absolute Gasteiger partial charge is 0.394 e. The van der Waals surface area contributed by atoms with E-state index in [1.165, 1.54) is 5.56 Å². The first-order valence-corrected chi connectivity index (χ1v) is 5.75. The summed E-state index contributed by atoms with van der Waals surface area (Å²) in [7, 11) is 0. The van der Waals surface area contributed by atoms with E-state index in [0.717, 1.165) is 6.42 Å². The predicted octanol–water partition coefficient (Wildman–Crippen LogP) is 1.33. The van der Waals surface area contributed by atoms with Gasteiger partial charge in [-0.3, -0.25) is 0 Å². The van der Waals surface area contributed by atoms with Gasteiger partial charge in [0.05, 0.1) is 18.8 Å². The fourth-order valence-electron chi connectivity index (χ4n) is 1.25. The Bertz CT molecular complexity index is 258. The number of rotatable bonds is 5. The maximum absolute atomic E-state index is 8.98. The summed E-state index contributed by atoms with van der Waals surface area (Å²) in [6.45, 7) is 3.63. The summed E-state index contributed by atoms with van der Waals surface area (Å²) in [6, 6.07) is 9.90. The third kappa shape index (κ3) is 5.26. The lowest BCUT2D eigenvalue weighted by molar-refractivity contribution is 0.115. The van der Waals surface area contributed by atoms with Gasteiger partial charge in [-0.15, -0.1) is 0 Å². The third-order valence-corrected chi connectivity index (χ3v) is 2.38. The summed E-state index contributed by atoms with van der Waals surface area (Å²) >= 11 is 0. The van der Waals surface area contributed by atoms with Crippen molar-refractivity contribution in [3.63, 3.8) is 0 Å². The summed E-state index contributed by atoms with van der Waals surface area (Å²) in [6.07, 6.45) is 1.36. The molecule has 1 aromatic rings. The van der Waals surface area contributed by atoms with Crippen LogP contribution in [0.3, 0.4) is 0 Å². The summed E-state index contributed by atoms with van der Waals surface area (Å²) in [5, 5.41) is 18.0. The number of aliphatic hydroxyl groups is 2. The Balaban J connectivity index is 0.00000106. The molecule has 0 radical (unpaired) electrons. The molecule has 0 saturated carbocycles. The van der Waals surface area contributed by atoms with Crippen molar-refractivity contribution < 1.29 is 10.2 Å². The molecule has 0 aromatic heterocycles. The lowest BCUT2D eigenvalue weighted by Gasteiger charge is -2.24. The number of hydrogen-bond donors (Lipinski definition) is 3. The van der Waals surface area contributed by atoms with Crippen LogP contribution < -0.4 is 5.73 Å². The molecular weight excluding hydrogens is 202 g/mol. The van der Waals surface area contributed by atoms with Gasteiger partial charge in [-0.1, -0.05) is 44.2 Å². The minimum atomic E-state index is -0.851. The average Bonchev–Trinajstić information content (AvgIpc) is 2.39. The molecule has 92 valence electrons. The third-order valence-electron chi connectivity index (χ3n) is 2.38. The normalized spacial score (nSPS) is 10.6. The van der Waals surface area contributed by atoms with Crippen LogP contribution in [0.5, 0.6) is 0 Å². The zero-order chi connectivity index (χ0) is 12.4. The number of aliphatic hydroxyl groups excluding tert-OH is 2. The van der Waals surface area contributed by atoms with Gasteiger partial charge in [0.15, 0.2) is 0 Å². The van der Waals surface area contributed by atoms with Crippen molar-refractivity contribution in [2.24, 2.45) is 5.73 Å². The molecule has 3 nitrogen and oxygen atoms in total. The number of aryl methyl sites for hydroxylation is 1. The molecule has 0 aliphatic rings. The van der Waals surface area contributed by atoms with Gasteiger partial charge in [0.1, 0.15) is 0 Å². The van der Waals surface area contributed by atoms with E-state index in [1.807, 2.05) is 44.2 Å².